The second-order valence-corrected chi connectivity index (χ2v) is 5.48. The van der Waals surface area contributed by atoms with Crippen LogP contribution in [0.2, 0.25) is 0 Å². The van der Waals surface area contributed by atoms with Gasteiger partial charge in [0, 0.05) is 17.7 Å². The third-order valence-electron chi connectivity index (χ3n) is 4.12. The molecule has 0 fully saturated rings. The van der Waals surface area contributed by atoms with Gasteiger partial charge in [-0.25, -0.2) is 0 Å². The van der Waals surface area contributed by atoms with E-state index in [2.05, 4.69) is 0 Å². The highest BCUT2D eigenvalue weighted by molar-refractivity contribution is 6.30. The van der Waals surface area contributed by atoms with Crippen LogP contribution in [0.15, 0.2) is 18.2 Å². The van der Waals surface area contributed by atoms with Gasteiger partial charge in [-0.15, -0.1) is 0 Å². The Labute approximate surface area is 143 Å². The van der Waals surface area contributed by atoms with Crippen molar-refractivity contribution in [1.29, 1.82) is 0 Å². The van der Waals surface area contributed by atoms with Crippen LogP contribution in [0.4, 0.5) is 0 Å². The molecule has 3 rings (SSSR count). The molecule has 2 aromatic carbocycles. The van der Waals surface area contributed by atoms with Gasteiger partial charge in [0.15, 0.2) is 23.1 Å². The van der Waals surface area contributed by atoms with Crippen LogP contribution in [0.5, 0.6) is 23.0 Å². The van der Waals surface area contributed by atoms with E-state index in [0.717, 1.165) is 12.1 Å². The molecule has 0 atom stereocenters. The lowest BCUT2D eigenvalue weighted by Crippen LogP contribution is -2.22. The molecule has 0 bridgehead atoms. The first-order valence-corrected chi connectivity index (χ1v) is 7.57. The summed E-state index contributed by atoms with van der Waals surface area (Å²) in [5.74, 6) is -2.61. The number of ether oxygens (including phenoxy) is 2. The van der Waals surface area contributed by atoms with Crippen molar-refractivity contribution in [2.75, 3.05) is 13.7 Å². The predicted molar refractivity (Wildman–Crippen MR) is 86.6 cm³/mol. The van der Waals surface area contributed by atoms with Crippen LogP contribution in [-0.4, -0.2) is 40.6 Å². The molecule has 0 aliphatic heterocycles. The molecule has 25 heavy (non-hydrogen) atoms. The van der Waals surface area contributed by atoms with Crippen molar-refractivity contribution in [3.63, 3.8) is 0 Å². The summed E-state index contributed by atoms with van der Waals surface area (Å²) in [6, 6.07) is 3.55. The molecule has 2 aromatic rings. The summed E-state index contributed by atoms with van der Waals surface area (Å²) in [6.45, 7) is 2.18. The van der Waals surface area contributed by atoms with E-state index in [0.29, 0.717) is 6.61 Å². The average Bonchev–Trinajstić information content (AvgIpc) is 2.59. The third kappa shape index (κ3) is 2.40. The fourth-order valence-corrected chi connectivity index (χ4v) is 2.93. The van der Waals surface area contributed by atoms with E-state index >= 15 is 0 Å². The fourth-order valence-electron chi connectivity index (χ4n) is 2.93. The molecule has 130 valence electrons. The van der Waals surface area contributed by atoms with Gasteiger partial charge < -0.3 is 24.8 Å². The molecule has 0 spiro atoms. The van der Waals surface area contributed by atoms with E-state index in [-0.39, 0.29) is 45.9 Å². The maximum absolute atomic E-state index is 12.9. The van der Waals surface area contributed by atoms with Crippen molar-refractivity contribution in [2.24, 2.45) is 0 Å². The third-order valence-corrected chi connectivity index (χ3v) is 4.12. The molecule has 0 aromatic heterocycles. The van der Waals surface area contributed by atoms with Gasteiger partial charge in [-0.05, 0) is 25.1 Å². The lowest BCUT2D eigenvalue weighted by Gasteiger charge is -2.23. The van der Waals surface area contributed by atoms with Crippen molar-refractivity contribution in [1.82, 2.24) is 0 Å². The van der Waals surface area contributed by atoms with E-state index in [4.69, 9.17) is 9.47 Å². The molecular weight excluding hydrogens is 328 g/mol. The Morgan fingerprint density at radius 2 is 1.64 bits per heavy atom. The summed E-state index contributed by atoms with van der Waals surface area (Å²) < 4.78 is 10.6. The number of phenolic OH excluding ortho intramolecular Hbond substituents is 3. The Hall–Kier alpha value is -3.06. The minimum absolute atomic E-state index is 0.00223. The molecular formula is C18H16O7. The second kappa shape index (κ2) is 6.10. The van der Waals surface area contributed by atoms with E-state index in [1.807, 2.05) is 0 Å². The molecule has 0 amide bonds. The summed E-state index contributed by atoms with van der Waals surface area (Å²) in [6.07, 6.45) is 0. The maximum Gasteiger partial charge on any atom is 0.198 e. The van der Waals surface area contributed by atoms with Crippen LogP contribution >= 0.6 is 0 Å². The van der Waals surface area contributed by atoms with Gasteiger partial charge in [-0.2, -0.15) is 0 Å². The number of carbonyl (C=O) groups excluding carboxylic acids is 2. The van der Waals surface area contributed by atoms with E-state index in [9.17, 15) is 24.9 Å². The Bertz CT molecular complexity index is 899. The summed E-state index contributed by atoms with van der Waals surface area (Å²) in [4.78, 5) is 25.6. The number of phenols is 3. The Kier molecular flexibility index (Phi) is 4.10. The fraction of sp³-hybridized carbons (Fsp3) is 0.222. The highest BCUT2D eigenvalue weighted by Crippen LogP contribution is 2.43. The molecule has 0 saturated carbocycles. The van der Waals surface area contributed by atoms with Gasteiger partial charge in [0.1, 0.15) is 11.5 Å². The zero-order valence-corrected chi connectivity index (χ0v) is 13.6. The smallest absolute Gasteiger partial charge is 0.198 e. The van der Waals surface area contributed by atoms with E-state index < -0.39 is 23.1 Å². The number of ketones is 2. The predicted octanol–water partition coefficient (Wildman–Crippen LogP) is 2.12. The SMILES string of the molecule is CCOCc1c(O)cc2c(c1OC)C(=O)c1ccc(O)c(O)c1C2=O. The number of methoxy groups -OCH3 is 1. The van der Waals surface area contributed by atoms with Crippen LogP contribution in [-0.2, 0) is 11.3 Å². The monoisotopic (exact) mass is 344 g/mol. The zero-order chi connectivity index (χ0) is 18.3. The summed E-state index contributed by atoms with van der Waals surface area (Å²) in [5, 5.41) is 29.9. The summed E-state index contributed by atoms with van der Waals surface area (Å²) in [7, 11) is 1.33. The Balaban J connectivity index is 2.30. The molecule has 1 aliphatic rings. The lowest BCUT2D eigenvalue weighted by atomic mass is 9.81. The number of rotatable bonds is 4. The van der Waals surface area contributed by atoms with Crippen LogP contribution in [0.25, 0.3) is 0 Å². The number of hydrogen-bond acceptors (Lipinski definition) is 7. The number of aromatic hydroxyl groups is 3. The number of fused-ring (bicyclic) bond motifs is 2. The molecule has 7 nitrogen and oxygen atoms in total. The standard InChI is InChI=1S/C18H16O7/c1-3-25-7-10-12(20)6-9-14(18(10)24-2)15(21)8-4-5-11(19)17(23)13(8)16(9)22/h4-6,19-20,23H,3,7H2,1-2H3. The van der Waals surface area contributed by atoms with Crippen molar-refractivity contribution < 1.29 is 34.4 Å². The van der Waals surface area contributed by atoms with Crippen molar-refractivity contribution in [3.05, 3.63) is 46.0 Å². The van der Waals surface area contributed by atoms with E-state index in [1.54, 1.807) is 6.92 Å². The number of carbonyl (C=O) groups is 2. The van der Waals surface area contributed by atoms with Gasteiger partial charge >= 0.3 is 0 Å². The molecule has 0 heterocycles. The molecule has 1 aliphatic carbocycles. The topological polar surface area (TPSA) is 113 Å². The largest absolute Gasteiger partial charge is 0.507 e. The molecule has 0 saturated heterocycles. The Morgan fingerprint density at radius 1 is 0.960 bits per heavy atom. The minimum Gasteiger partial charge on any atom is -0.507 e. The first-order chi connectivity index (χ1) is 11.9. The lowest BCUT2D eigenvalue weighted by molar-refractivity contribution is 0.0971. The second-order valence-electron chi connectivity index (χ2n) is 5.48. The highest BCUT2D eigenvalue weighted by Gasteiger charge is 2.37. The minimum atomic E-state index is -0.686. The van der Waals surface area contributed by atoms with Gasteiger partial charge in [-0.1, -0.05) is 0 Å². The number of benzene rings is 2. The molecule has 3 N–H and O–H groups in total. The first kappa shape index (κ1) is 16.8. The summed E-state index contributed by atoms with van der Waals surface area (Å²) >= 11 is 0. The van der Waals surface area contributed by atoms with Crippen LogP contribution < -0.4 is 4.74 Å². The van der Waals surface area contributed by atoms with Crippen LogP contribution in [0.1, 0.15) is 44.3 Å². The van der Waals surface area contributed by atoms with Crippen molar-refractivity contribution >= 4 is 11.6 Å². The molecule has 0 radical (unpaired) electrons. The molecule has 0 unspecified atom stereocenters. The van der Waals surface area contributed by atoms with E-state index in [1.165, 1.54) is 13.2 Å². The number of hydrogen-bond donors (Lipinski definition) is 3. The Morgan fingerprint density at radius 3 is 2.28 bits per heavy atom. The van der Waals surface area contributed by atoms with Crippen LogP contribution in [0, 0.1) is 0 Å². The first-order valence-electron chi connectivity index (χ1n) is 7.57. The van der Waals surface area contributed by atoms with Crippen molar-refractivity contribution in [3.8, 4) is 23.0 Å². The maximum atomic E-state index is 12.9. The van der Waals surface area contributed by atoms with Gasteiger partial charge in [0.25, 0.3) is 0 Å². The molecule has 7 heteroatoms. The van der Waals surface area contributed by atoms with Crippen LogP contribution in [0.3, 0.4) is 0 Å². The van der Waals surface area contributed by atoms with Gasteiger partial charge in [0.05, 0.1) is 30.4 Å². The van der Waals surface area contributed by atoms with Gasteiger partial charge in [0.2, 0.25) is 0 Å². The summed E-state index contributed by atoms with van der Waals surface area (Å²) in [5.41, 5.74) is -0.183. The zero-order valence-electron chi connectivity index (χ0n) is 13.6. The quantitative estimate of drug-likeness (QED) is 0.621. The average molecular weight is 344 g/mol. The van der Waals surface area contributed by atoms with Crippen molar-refractivity contribution in [2.45, 2.75) is 13.5 Å². The normalized spacial score (nSPS) is 12.7. The highest BCUT2D eigenvalue weighted by atomic mass is 16.5. The van der Waals surface area contributed by atoms with Gasteiger partial charge in [-0.3, -0.25) is 9.59 Å².